The number of hydrogen-bond acceptors (Lipinski definition) is 30. The number of nitrogens with one attached hydrogen (secondary N) is 2. The van der Waals surface area contributed by atoms with Crippen molar-refractivity contribution in [3.05, 3.63) is 109 Å². The van der Waals surface area contributed by atoms with Crippen LogP contribution in [0.3, 0.4) is 0 Å². The number of nitriles is 2. The second-order valence-corrected chi connectivity index (χ2v) is 26.6. The van der Waals surface area contributed by atoms with E-state index in [-0.39, 0.29) is 72.4 Å². The fourth-order valence-corrected chi connectivity index (χ4v) is 13.9. The highest BCUT2D eigenvalue weighted by molar-refractivity contribution is 7.52. The number of aromatic nitrogens is 6. The number of fused-ring (bicyclic) bond motifs is 2. The van der Waals surface area contributed by atoms with Gasteiger partial charge in [0.05, 0.1) is 37.8 Å². The number of carbonyl (C=O) groups excluding carboxylic acids is 6. The van der Waals surface area contributed by atoms with Crippen molar-refractivity contribution in [3.8, 4) is 23.6 Å². The Morgan fingerprint density at radius 3 is 1.24 bits per heavy atom. The van der Waals surface area contributed by atoms with Gasteiger partial charge in [-0.3, -0.25) is 37.8 Å². The maximum Gasteiger partial charge on any atom is 0.459 e. The van der Waals surface area contributed by atoms with E-state index in [1.54, 1.807) is 88.4 Å². The van der Waals surface area contributed by atoms with E-state index in [1.165, 1.54) is 59.8 Å². The minimum absolute atomic E-state index is 0.0519. The summed E-state index contributed by atoms with van der Waals surface area (Å²) in [5.41, 5.74) is 8.96. The number of carbonyl (C=O) groups is 6. The molecule has 0 bridgehead atoms. The van der Waals surface area contributed by atoms with Crippen LogP contribution in [0.2, 0.25) is 0 Å². The average Bonchev–Trinajstić information content (AvgIpc) is 1.59. The van der Waals surface area contributed by atoms with Gasteiger partial charge in [0.2, 0.25) is 11.2 Å². The van der Waals surface area contributed by atoms with Gasteiger partial charge in [-0.1, -0.05) is 64.1 Å². The Morgan fingerprint density at radius 2 is 0.900 bits per heavy atom. The van der Waals surface area contributed by atoms with Gasteiger partial charge in [-0.2, -0.15) is 30.9 Å². The normalized spacial score (nSPS) is 24.1. The first-order chi connectivity index (χ1) is 48.0. The molecule has 8 heterocycles. The lowest BCUT2D eigenvalue weighted by molar-refractivity contribution is -0.169. The van der Waals surface area contributed by atoms with Crippen LogP contribution in [0, 0.1) is 22.7 Å². The molecule has 536 valence electrons. The number of benzene rings is 2. The first-order valence-corrected chi connectivity index (χ1v) is 35.3. The summed E-state index contributed by atoms with van der Waals surface area (Å²) in [6.07, 6.45) is -5.13. The highest BCUT2D eigenvalue weighted by Gasteiger charge is 2.64. The second kappa shape index (κ2) is 33.8. The van der Waals surface area contributed by atoms with E-state index in [9.17, 15) is 48.4 Å². The third-order valence-corrected chi connectivity index (χ3v) is 19.4. The molecule has 100 heavy (non-hydrogen) atoms. The van der Waals surface area contributed by atoms with Gasteiger partial charge in [0, 0.05) is 51.4 Å². The van der Waals surface area contributed by atoms with Crippen molar-refractivity contribution >= 4 is 74.0 Å². The molecule has 4 saturated heterocycles. The number of nitrogens with two attached hydrogens (primary N) is 2. The summed E-state index contributed by atoms with van der Waals surface area (Å²) in [6, 6.07) is 24.0. The van der Waals surface area contributed by atoms with Crippen molar-refractivity contribution in [1.82, 2.24) is 39.4 Å². The van der Waals surface area contributed by atoms with Gasteiger partial charge in [0.25, 0.3) is 0 Å². The van der Waals surface area contributed by atoms with Crippen molar-refractivity contribution in [1.29, 1.82) is 10.5 Å². The van der Waals surface area contributed by atoms with Crippen molar-refractivity contribution in [2.24, 2.45) is 0 Å². The van der Waals surface area contributed by atoms with E-state index < -0.39 is 124 Å². The molecule has 4 aliphatic heterocycles. The molecule has 6 aromatic rings. The van der Waals surface area contributed by atoms with Gasteiger partial charge in [0.1, 0.15) is 97.0 Å². The Kier molecular flexibility index (Phi) is 25.3. The molecule has 0 spiro atoms. The SMILES string of the molecule is CCC(=O)O[C@H]1[C@H](c2ccc3c(N)ncnn23)O[C@](C#N)(CO[P@@](=O)(N[C@@H](C)C(=O)OC2CCOCC2)Oc2ccccc2)[C@H]1OC(=O)CC.CCC(=O)O[C@H]1[C@H](c2ccc3c(N)ncnn23)O[C@](C#N)(CO[P@](=O)(N[C@@H](C)C(=O)OC2CCOCC2)Oc2ccccc2)[C@H]1OC(=O)CC. The van der Waals surface area contributed by atoms with Gasteiger partial charge in [0.15, 0.2) is 36.1 Å². The minimum Gasteiger partial charge on any atom is -0.461 e. The summed E-state index contributed by atoms with van der Waals surface area (Å²) in [6.45, 7) is 9.12. The van der Waals surface area contributed by atoms with Crippen LogP contribution in [0.5, 0.6) is 11.5 Å². The van der Waals surface area contributed by atoms with Crippen LogP contribution in [0.15, 0.2) is 97.6 Å². The van der Waals surface area contributed by atoms with Crippen LogP contribution in [-0.2, 0) is 94.3 Å². The summed E-state index contributed by atoms with van der Waals surface area (Å²) in [7, 11) is -9.11. The fraction of sp³-hybridized carbons (Fsp3) is 0.500. The average molecular weight is 1430 g/mol. The lowest BCUT2D eigenvalue weighted by Crippen LogP contribution is -2.49. The number of nitrogens with zero attached hydrogens (tertiary/aromatic N) is 8. The largest absolute Gasteiger partial charge is 0.461 e. The lowest BCUT2D eigenvalue weighted by atomic mass is 9.95. The summed E-state index contributed by atoms with van der Waals surface area (Å²) in [5, 5.41) is 35.1. The smallest absolute Gasteiger partial charge is 0.459 e. The third kappa shape index (κ3) is 18.0. The lowest BCUT2D eigenvalue weighted by Gasteiger charge is -2.30. The molecule has 0 unspecified atom stereocenters. The Labute approximate surface area is 573 Å². The van der Waals surface area contributed by atoms with Crippen molar-refractivity contribution in [3.63, 3.8) is 0 Å². The maximum absolute atomic E-state index is 14.4. The van der Waals surface area contributed by atoms with Crippen molar-refractivity contribution < 1.29 is 103 Å². The van der Waals surface area contributed by atoms with E-state index in [0.717, 1.165) is 0 Å². The standard InChI is InChI=1S/2C32H39N6O11P/c2*1-4-25(39)46-28-27(23-11-12-24-30(34)35-19-36-38(23)24)48-32(17-33,29(28)47-26(40)5-2)18-44-50(42,49-22-9-7-6-8-10-22)37-20(3)31(41)45-21-13-15-43-16-14-21/h2*6-12,19-21,27-29H,4-5,13-16,18H2,1-3H3,(H,37,42)(H2,34,35,36)/t20-,27-,28-,29-,32+,50+;20-,27-,28-,29-,32+,50-/m00/s1. The molecular formula is C64H78N12O22P2. The van der Waals surface area contributed by atoms with E-state index in [4.69, 9.17) is 76.9 Å². The van der Waals surface area contributed by atoms with Gasteiger partial charge < -0.3 is 67.9 Å². The molecule has 2 aromatic carbocycles. The van der Waals surface area contributed by atoms with Crippen LogP contribution in [0.25, 0.3) is 11.0 Å². The molecule has 4 aromatic heterocycles. The van der Waals surface area contributed by atoms with Gasteiger partial charge in [-0.25, -0.2) is 28.1 Å². The van der Waals surface area contributed by atoms with Gasteiger partial charge in [-0.05, 0) is 62.4 Å². The number of anilines is 2. The zero-order chi connectivity index (χ0) is 71.8. The molecule has 4 aliphatic rings. The first-order valence-electron chi connectivity index (χ1n) is 32.2. The number of rotatable bonds is 28. The Hall–Kier alpha value is -9.18. The predicted octanol–water partition coefficient (Wildman–Crippen LogP) is 6.39. The zero-order valence-electron chi connectivity index (χ0n) is 55.5. The molecule has 0 aliphatic carbocycles. The van der Waals surface area contributed by atoms with Crippen LogP contribution >= 0.6 is 15.5 Å². The van der Waals surface area contributed by atoms with Crippen LogP contribution in [-0.4, -0.2) is 165 Å². The molecule has 0 amide bonds. The number of nitrogen functional groups attached to an aromatic ring is 2. The number of ether oxygens (including phenoxy) is 10. The summed E-state index contributed by atoms with van der Waals surface area (Å²) >= 11 is 0. The third-order valence-electron chi connectivity index (χ3n) is 16.1. The summed E-state index contributed by atoms with van der Waals surface area (Å²) < 4.78 is 112. The van der Waals surface area contributed by atoms with Gasteiger partial charge in [-0.15, -0.1) is 0 Å². The molecule has 0 radical (unpaired) electrons. The van der Waals surface area contributed by atoms with Crippen molar-refractivity contribution in [2.45, 2.75) is 165 Å². The van der Waals surface area contributed by atoms with E-state index >= 15 is 0 Å². The summed E-state index contributed by atoms with van der Waals surface area (Å²) in [4.78, 5) is 85.1. The Bertz CT molecular complexity index is 3780. The Morgan fingerprint density at radius 1 is 0.550 bits per heavy atom. The second-order valence-electron chi connectivity index (χ2n) is 23.2. The van der Waals surface area contributed by atoms with Crippen LogP contribution < -0.4 is 30.7 Å². The molecule has 12 atom stereocenters. The quantitative estimate of drug-likeness (QED) is 0.0235. The molecular weight excluding hydrogens is 1350 g/mol. The van der Waals surface area contributed by atoms with E-state index in [1.807, 2.05) is 12.1 Å². The van der Waals surface area contributed by atoms with Crippen LogP contribution in [0.4, 0.5) is 11.6 Å². The molecule has 10 rings (SSSR count). The summed E-state index contributed by atoms with van der Waals surface area (Å²) in [5.74, 6) is -3.75. The molecule has 4 fully saturated rings. The van der Waals surface area contributed by atoms with E-state index in [2.05, 4.69) is 30.3 Å². The first kappa shape index (κ1) is 75.0. The number of para-hydroxylation sites is 2. The highest BCUT2D eigenvalue weighted by Crippen LogP contribution is 2.52. The Balaban J connectivity index is 0.000000233. The number of hydrogen-bond donors (Lipinski definition) is 4. The molecule has 36 heteroatoms. The molecule has 34 nitrogen and oxygen atoms in total. The molecule has 0 saturated carbocycles. The topological polar surface area (TPSA) is 450 Å². The van der Waals surface area contributed by atoms with Gasteiger partial charge >= 0.3 is 51.3 Å². The zero-order valence-corrected chi connectivity index (χ0v) is 57.3. The highest BCUT2D eigenvalue weighted by atomic mass is 31.2. The predicted molar refractivity (Wildman–Crippen MR) is 346 cm³/mol. The van der Waals surface area contributed by atoms with Crippen molar-refractivity contribution in [2.75, 3.05) is 51.1 Å². The minimum atomic E-state index is -4.56. The number of esters is 6. The fourth-order valence-electron chi connectivity index (χ4n) is 10.9. The van der Waals surface area contributed by atoms with Crippen LogP contribution in [0.1, 0.15) is 117 Å². The van der Waals surface area contributed by atoms with E-state index in [0.29, 0.717) is 63.1 Å². The molecule has 6 N–H and O–H groups in total. The monoisotopic (exact) mass is 1430 g/mol. The maximum atomic E-state index is 14.4.